The van der Waals surface area contributed by atoms with E-state index in [0.29, 0.717) is 6.42 Å². The van der Waals surface area contributed by atoms with Crippen molar-refractivity contribution in [2.24, 2.45) is 0 Å². The Labute approximate surface area is 79.2 Å². The van der Waals surface area contributed by atoms with Crippen LogP contribution >= 0.6 is 0 Å². The predicted octanol–water partition coefficient (Wildman–Crippen LogP) is 1.95. The maximum absolute atomic E-state index is 9.88. The van der Waals surface area contributed by atoms with Crippen molar-refractivity contribution in [2.75, 3.05) is 6.61 Å². The van der Waals surface area contributed by atoms with E-state index in [-0.39, 0.29) is 12.4 Å². The summed E-state index contributed by atoms with van der Waals surface area (Å²) in [7, 11) is 0. The van der Waals surface area contributed by atoms with E-state index < -0.39 is 0 Å². The van der Waals surface area contributed by atoms with Gasteiger partial charge in [-0.3, -0.25) is 4.79 Å². The van der Waals surface area contributed by atoms with Crippen LogP contribution in [0, 0.1) is 6.92 Å². The minimum absolute atomic E-state index is 0.0185. The number of aliphatic hydroxyl groups is 1. The minimum atomic E-state index is -0.0185. The molecule has 0 aromatic heterocycles. The number of rotatable bonds is 2. The third-order valence-electron chi connectivity index (χ3n) is 1.40. The van der Waals surface area contributed by atoms with E-state index in [2.05, 4.69) is 19.1 Å². The van der Waals surface area contributed by atoms with Crippen molar-refractivity contribution < 1.29 is 9.90 Å². The number of aliphatic hydroxyl groups excluding tert-OH is 1. The van der Waals surface area contributed by atoms with Gasteiger partial charge in [0.2, 0.25) is 0 Å². The monoisotopic (exact) mass is 180 g/mol. The van der Waals surface area contributed by atoms with E-state index in [0.717, 1.165) is 0 Å². The average Bonchev–Trinajstić information content (AvgIpc) is 2.06. The Kier molecular flexibility index (Phi) is 6.83. The fraction of sp³-hybridized carbons (Fsp3) is 0.364. The van der Waals surface area contributed by atoms with E-state index in [1.807, 2.05) is 18.2 Å². The molecular formula is C11H16O2. The highest BCUT2D eigenvalue weighted by Crippen LogP contribution is 1.92. The lowest BCUT2D eigenvalue weighted by Gasteiger charge is -1.82. The molecule has 0 spiro atoms. The molecule has 0 aliphatic heterocycles. The Morgan fingerprint density at radius 1 is 1.31 bits per heavy atom. The number of hydrogen-bond donors (Lipinski definition) is 1. The fourth-order valence-electron chi connectivity index (χ4n) is 0.692. The van der Waals surface area contributed by atoms with Crippen molar-refractivity contribution in [1.82, 2.24) is 0 Å². The van der Waals surface area contributed by atoms with Gasteiger partial charge < -0.3 is 5.11 Å². The van der Waals surface area contributed by atoms with E-state index in [9.17, 15) is 4.79 Å². The van der Waals surface area contributed by atoms with Gasteiger partial charge in [0.05, 0.1) is 0 Å². The normalized spacial score (nSPS) is 8.54. The Hall–Kier alpha value is -1.15. The zero-order valence-electron chi connectivity index (χ0n) is 8.16. The van der Waals surface area contributed by atoms with Crippen LogP contribution in [0.1, 0.15) is 18.9 Å². The molecule has 13 heavy (non-hydrogen) atoms. The number of benzene rings is 1. The van der Waals surface area contributed by atoms with E-state index >= 15 is 0 Å². The Balaban J connectivity index is 0.000000226. The van der Waals surface area contributed by atoms with Crippen molar-refractivity contribution in [3.63, 3.8) is 0 Å². The van der Waals surface area contributed by atoms with E-state index in [1.54, 1.807) is 0 Å². The Morgan fingerprint density at radius 3 is 2.00 bits per heavy atom. The van der Waals surface area contributed by atoms with Crippen LogP contribution in [0.3, 0.4) is 0 Å². The van der Waals surface area contributed by atoms with Gasteiger partial charge in [-0.2, -0.15) is 0 Å². The van der Waals surface area contributed by atoms with Crippen LogP contribution in [-0.2, 0) is 4.79 Å². The molecule has 0 saturated carbocycles. The third kappa shape index (κ3) is 8.76. The van der Waals surface area contributed by atoms with Crippen LogP contribution < -0.4 is 0 Å². The maximum Gasteiger partial charge on any atom is 0.132 e. The van der Waals surface area contributed by atoms with Gasteiger partial charge in [0.25, 0.3) is 0 Å². The summed E-state index contributed by atoms with van der Waals surface area (Å²) < 4.78 is 0. The van der Waals surface area contributed by atoms with Crippen molar-refractivity contribution in [1.29, 1.82) is 0 Å². The maximum atomic E-state index is 9.88. The van der Waals surface area contributed by atoms with Gasteiger partial charge in [-0.1, -0.05) is 35.9 Å². The van der Waals surface area contributed by atoms with E-state index in [1.165, 1.54) is 12.5 Å². The van der Waals surface area contributed by atoms with Crippen molar-refractivity contribution in [3.05, 3.63) is 35.9 Å². The molecule has 0 fully saturated rings. The summed E-state index contributed by atoms with van der Waals surface area (Å²) >= 11 is 0. The summed E-state index contributed by atoms with van der Waals surface area (Å²) in [6.07, 6.45) is 0.292. The van der Waals surface area contributed by atoms with Gasteiger partial charge in [0.15, 0.2) is 0 Å². The summed E-state index contributed by atoms with van der Waals surface area (Å²) in [6, 6.07) is 10.3. The molecule has 0 amide bonds. The van der Waals surface area contributed by atoms with Crippen molar-refractivity contribution in [3.8, 4) is 0 Å². The molecule has 1 aromatic carbocycles. The smallest absolute Gasteiger partial charge is 0.132 e. The highest BCUT2D eigenvalue weighted by atomic mass is 16.3. The molecule has 0 bridgehead atoms. The van der Waals surface area contributed by atoms with Gasteiger partial charge in [-0.05, 0) is 13.8 Å². The third-order valence-corrected chi connectivity index (χ3v) is 1.40. The largest absolute Gasteiger partial charge is 0.396 e. The van der Waals surface area contributed by atoms with Crippen LogP contribution in [0.4, 0.5) is 0 Å². The second-order valence-corrected chi connectivity index (χ2v) is 2.83. The zero-order chi connectivity index (χ0) is 10.1. The molecular weight excluding hydrogens is 164 g/mol. The molecule has 0 aliphatic carbocycles. The number of carbonyl (C=O) groups is 1. The molecule has 0 aliphatic rings. The second-order valence-electron chi connectivity index (χ2n) is 2.83. The molecule has 1 aromatic rings. The van der Waals surface area contributed by atoms with Gasteiger partial charge in [-0.15, -0.1) is 0 Å². The lowest BCUT2D eigenvalue weighted by atomic mass is 10.2. The summed E-state index contributed by atoms with van der Waals surface area (Å²) in [5, 5.41) is 8.02. The minimum Gasteiger partial charge on any atom is -0.396 e. The molecule has 2 nitrogen and oxygen atoms in total. The summed E-state index contributed by atoms with van der Waals surface area (Å²) in [5.41, 5.74) is 1.32. The topological polar surface area (TPSA) is 37.3 Å². The first kappa shape index (κ1) is 11.8. The molecule has 0 atom stereocenters. The highest BCUT2D eigenvalue weighted by molar-refractivity contribution is 5.75. The molecule has 0 radical (unpaired) electrons. The molecule has 2 heteroatoms. The predicted molar refractivity (Wildman–Crippen MR) is 53.6 cm³/mol. The first-order valence-corrected chi connectivity index (χ1v) is 4.28. The quantitative estimate of drug-likeness (QED) is 0.755. The second kappa shape index (κ2) is 7.50. The zero-order valence-corrected chi connectivity index (χ0v) is 8.16. The Morgan fingerprint density at radius 2 is 1.85 bits per heavy atom. The van der Waals surface area contributed by atoms with Gasteiger partial charge in [0, 0.05) is 13.0 Å². The molecule has 1 rings (SSSR count). The van der Waals surface area contributed by atoms with Crippen molar-refractivity contribution >= 4 is 5.78 Å². The van der Waals surface area contributed by atoms with Crippen LogP contribution in [0.5, 0.6) is 0 Å². The van der Waals surface area contributed by atoms with Crippen LogP contribution in [-0.4, -0.2) is 17.5 Å². The van der Waals surface area contributed by atoms with Gasteiger partial charge >= 0.3 is 0 Å². The molecule has 72 valence electrons. The van der Waals surface area contributed by atoms with Gasteiger partial charge in [-0.25, -0.2) is 0 Å². The highest BCUT2D eigenvalue weighted by Gasteiger charge is 1.84. The molecule has 0 heterocycles. The molecule has 0 unspecified atom stereocenters. The van der Waals surface area contributed by atoms with Crippen LogP contribution in [0.15, 0.2) is 30.3 Å². The van der Waals surface area contributed by atoms with Gasteiger partial charge in [0.1, 0.15) is 5.78 Å². The summed E-state index contributed by atoms with van der Waals surface area (Å²) in [5.74, 6) is 0.0394. The SMILES string of the molecule is CC(=O)CCO.Cc1ccccc1. The fourth-order valence-corrected chi connectivity index (χ4v) is 0.692. The first-order chi connectivity index (χ1) is 6.16. The summed E-state index contributed by atoms with van der Waals surface area (Å²) in [6.45, 7) is 3.52. The number of aryl methyl sites for hydroxylation is 1. The number of carbonyl (C=O) groups excluding carboxylic acids is 1. The van der Waals surface area contributed by atoms with Crippen LogP contribution in [0.25, 0.3) is 0 Å². The molecule has 0 saturated heterocycles. The lowest BCUT2D eigenvalue weighted by Crippen LogP contribution is -1.92. The number of Topliss-reactive ketones (excluding diaryl/α,β-unsaturated/α-hetero) is 1. The summed E-state index contributed by atoms with van der Waals surface area (Å²) in [4.78, 5) is 9.88. The number of ketones is 1. The van der Waals surface area contributed by atoms with E-state index in [4.69, 9.17) is 5.11 Å². The van der Waals surface area contributed by atoms with Crippen LogP contribution in [0.2, 0.25) is 0 Å². The lowest BCUT2D eigenvalue weighted by molar-refractivity contribution is -0.117. The Bertz CT molecular complexity index is 229. The standard InChI is InChI=1S/C7H8.C4H8O2/c1-7-5-3-2-4-6-7;1-4(6)2-3-5/h2-6H,1H3;5H,2-3H2,1H3. The van der Waals surface area contributed by atoms with Crippen molar-refractivity contribution in [2.45, 2.75) is 20.3 Å². The molecule has 1 N–H and O–H groups in total. The average molecular weight is 180 g/mol. The first-order valence-electron chi connectivity index (χ1n) is 4.28. The number of hydrogen-bond acceptors (Lipinski definition) is 2.